The van der Waals surface area contributed by atoms with Crippen LogP contribution in [0.1, 0.15) is 5.56 Å². The van der Waals surface area contributed by atoms with Gasteiger partial charge in [-0.2, -0.15) is 0 Å². The van der Waals surface area contributed by atoms with Crippen LogP contribution in [-0.2, 0) is 11.3 Å². The van der Waals surface area contributed by atoms with E-state index in [4.69, 9.17) is 21.1 Å². The van der Waals surface area contributed by atoms with Crippen LogP contribution in [-0.4, -0.2) is 43.3 Å². The summed E-state index contributed by atoms with van der Waals surface area (Å²) in [5.74, 6) is 1.16. The molecule has 4 rings (SSSR count). The summed E-state index contributed by atoms with van der Waals surface area (Å²) in [5, 5.41) is 3.40. The van der Waals surface area contributed by atoms with Crippen molar-refractivity contribution in [1.82, 2.24) is 10.2 Å². The number of carbonyl (C=O) groups excluding carboxylic acids is 2. The van der Waals surface area contributed by atoms with Crippen LogP contribution in [0, 0.1) is 0 Å². The molecule has 140 valence electrons. The molecule has 0 saturated carbocycles. The van der Waals surface area contributed by atoms with Crippen molar-refractivity contribution in [3.63, 3.8) is 0 Å². The fourth-order valence-electron chi connectivity index (χ4n) is 3.09. The number of benzene rings is 2. The number of hydrogen-bond acceptors (Lipinski definition) is 4. The minimum atomic E-state index is -0.214. The molecule has 0 radical (unpaired) electrons. The Bertz CT molecular complexity index is 889. The number of nitrogens with zero attached hydrogens (tertiary/aromatic N) is 2. The molecule has 1 saturated heterocycles. The van der Waals surface area contributed by atoms with E-state index in [1.165, 1.54) is 4.90 Å². The molecule has 0 atom stereocenters. The van der Waals surface area contributed by atoms with E-state index in [-0.39, 0.29) is 25.3 Å². The molecule has 0 spiro atoms. The highest BCUT2D eigenvalue weighted by Crippen LogP contribution is 2.32. The summed E-state index contributed by atoms with van der Waals surface area (Å²) in [6.45, 7) is 1.60. The van der Waals surface area contributed by atoms with Crippen LogP contribution in [0.2, 0.25) is 5.02 Å². The molecule has 2 aromatic rings. The summed E-state index contributed by atoms with van der Waals surface area (Å²) in [7, 11) is 0. The van der Waals surface area contributed by atoms with Gasteiger partial charge in [-0.3, -0.25) is 9.69 Å². The van der Waals surface area contributed by atoms with Gasteiger partial charge in [0.2, 0.25) is 12.7 Å². The summed E-state index contributed by atoms with van der Waals surface area (Å²) >= 11 is 5.99. The number of fused-ring (bicyclic) bond motifs is 1. The van der Waals surface area contributed by atoms with Gasteiger partial charge in [0.1, 0.15) is 6.54 Å². The lowest BCUT2D eigenvalue weighted by Crippen LogP contribution is -2.39. The fourth-order valence-corrected chi connectivity index (χ4v) is 3.28. The molecule has 7 nitrogen and oxygen atoms in total. The standard InChI is InChI=1S/C19H18ClN3O4/c20-14-2-1-3-15(9-14)23-7-6-22(19(23)25)11-18(24)21-10-13-4-5-16-17(8-13)27-12-26-16/h1-5,8-9H,6-7,10-12H2,(H,21,24). The third-order valence-electron chi connectivity index (χ3n) is 4.48. The van der Waals surface area contributed by atoms with E-state index in [0.29, 0.717) is 36.2 Å². The quantitative estimate of drug-likeness (QED) is 0.856. The average Bonchev–Trinajstić information content (AvgIpc) is 3.26. The summed E-state index contributed by atoms with van der Waals surface area (Å²) in [5.41, 5.74) is 1.64. The first-order valence-electron chi connectivity index (χ1n) is 8.57. The highest BCUT2D eigenvalue weighted by atomic mass is 35.5. The van der Waals surface area contributed by atoms with Gasteiger partial charge in [-0.25, -0.2) is 4.79 Å². The van der Waals surface area contributed by atoms with Crippen molar-refractivity contribution in [3.8, 4) is 11.5 Å². The predicted molar refractivity (Wildman–Crippen MR) is 100 cm³/mol. The Labute approximate surface area is 161 Å². The molecule has 8 heteroatoms. The van der Waals surface area contributed by atoms with E-state index >= 15 is 0 Å². The molecule has 2 heterocycles. The lowest BCUT2D eigenvalue weighted by Gasteiger charge is -2.18. The van der Waals surface area contributed by atoms with Crippen molar-refractivity contribution in [2.45, 2.75) is 6.54 Å². The number of amides is 3. The fraction of sp³-hybridized carbons (Fsp3) is 0.263. The van der Waals surface area contributed by atoms with Gasteiger partial charge in [0.25, 0.3) is 0 Å². The van der Waals surface area contributed by atoms with Gasteiger partial charge in [-0.1, -0.05) is 23.7 Å². The van der Waals surface area contributed by atoms with E-state index in [1.54, 1.807) is 23.1 Å². The van der Waals surface area contributed by atoms with Crippen LogP contribution in [0.3, 0.4) is 0 Å². The molecule has 0 bridgehead atoms. The molecular formula is C19H18ClN3O4. The van der Waals surface area contributed by atoms with E-state index < -0.39 is 0 Å². The second-order valence-electron chi connectivity index (χ2n) is 6.30. The molecule has 2 aliphatic rings. The van der Waals surface area contributed by atoms with Crippen molar-refractivity contribution < 1.29 is 19.1 Å². The van der Waals surface area contributed by atoms with E-state index in [1.807, 2.05) is 24.3 Å². The first-order valence-corrected chi connectivity index (χ1v) is 8.95. The van der Waals surface area contributed by atoms with Gasteiger partial charge < -0.3 is 19.7 Å². The second-order valence-corrected chi connectivity index (χ2v) is 6.74. The SMILES string of the molecule is O=C(CN1CCN(c2cccc(Cl)c2)C1=O)NCc1ccc2c(c1)OCO2. The van der Waals surface area contributed by atoms with Crippen LogP contribution in [0.15, 0.2) is 42.5 Å². The van der Waals surface area contributed by atoms with Gasteiger partial charge in [0.05, 0.1) is 0 Å². The van der Waals surface area contributed by atoms with Crippen molar-refractivity contribution >= 4 is 29.2 Å². The molecule has 2 aromatic carbocycles. The Balaban J connectivity index is 1.31. The molecule has 3 amide bonds. The molecule has 27 heavy (non-hydrogen) atoms. The number of anilines is 1. The first kappa shape index (κ1) is 17.5. The number of rotatable bonds is 5. The highest BCUT2D eigenvalue weighted by Gasteiger charge is 2.30. The molecule has 0 unspecified atom stereocenters. The molecule has 0 aromatic heterocycles. The zero-order valence-corrected chi connectivity index (χ0v) is 15.2. The Morgan fingerprint density at radius 1 is 1.11 bits per heavy atom. The number of hydrogen-bond donors (Lipinski definition) is 1. The predicted octanol–water partition coefficient (Wildman–Crippen LogP) is 2.63. The van der Waals surface area contributed by atoms with Gasteiger partial charge >= 0.3 is 6.03 Å². The third-order valence-corrected chi connectivity index (χ3v) is 4.71. The molecular weight excluding hydrogens is 370 g/mol. The van der Waals surface area contributed by atoms with Crippen LogP contribution >= 0.6 is 11.6 Å². The normalized spacial score (nSPS) is 15.4. The van der Waals surface area contributed by atoms with Gasteiger partial charge in [-0.05, 0) is 35.9 Å². The van der Waals surface area contributed by atoms with Gasteiger partial charge in [0, 0.05) is 30.3 Å². The maximum atomic E-state index is 12.6. The molecule has 0 aliphatic carbocycles. The van der Waals surface area contributed by atoms with Crippen molar-refractivity contribution in [3.05, 3.63) is 53.1 Å². The van der Waals surface area contributed by atoms with Crippen LogP contribution in [0.5, 0.6) is 11.5 Å². The minimum absolute atomic E-state index is 0.0143. The highest BCUT2D eigenvalue weighted by molar-refractivity contribution is 6.30. The zero-order chi connectivity index (χ0) is 18.8. The van der Waals surface area contributed by atoms with Gasteiger partial charge in [0.15, 0.2) is 11.5 Å². The van der Waals surface area contributed by atoms with Crippen LogP contribution in [0.4, 0.5) is 10.5 Å². The number of urea groups is 1. The Morgan fingerprint density at radius 2 is 1.96 bits per heavy atom. The second kappa shape index (κ2) is 7.36. The van der Waals surface area contributed by atoms with E-state index in [2.05, 4.69) is 5.32 Å². The summed E-state index contributed by atoms with van der Waals surface area (Å²) < 4.78 is 10.6. The third kappa shape index (κ3) is 3.78. The number of nitrogens with one attached hydrogen (secondary N) is 1. The Kier molecular flexibility index (Phi) is 4.77. The lowest BCUT2D eigenvalue weighted by molar-refractivity contribution is -0.121. The largest absolute Gasteiger partial charge is 0.454 e. The van der Waals surface area contributed by atoms with Crippen molar-refractivity contribution in [2.75, 3.05) is 31.3 Å². The average molecular weight is 388 g/mol. The number of carbonyl (C=O) groups is 2. The monoisotopic (exact) mass is 387 g/mol. The number of halogens is 1. The van der Waals surface area contributed by atoms with Crippen molar-refractivity contribution in [2.24, 2.45) is 0 Å². The Morgan fingerprint density at radius 3 is 2.81 bits per heavy atom. The van der Waals surface area contributed by atoms with Crippen LogP contribution in [0.25, 0.3) is 0 Å². The first-order chi connectivity index (χ1) is 13.1. The van der Waals surface area contributed by atoms with E-state index in [0.717, 1.165) is 11.3 Å². The minimum Gasteiger partial charge on any atom is -0.454 e. The smallest absolute Gasteiger partial charge is 0.325 e. The maximum absolute atomic E-state index is 12.6. The number of ether oxygens (including phenoxy) is 2. The maximum Gasteiger partial charge on any atom is 0.325 e. The molecule has 1 fully saturated rings. The molecule has 2 aliphatic heterocycles. The lowest BCUT2D eigenvalue weighted by atomic mass is 10.2. The summed E-state index contributed by atoms with van der Waals surface area (Å²) in [4.78, 5) is 27.9. The molecule has 1 N–H and O–H groups in total. The zero-order valence-electron chi connectivity index (χ0n) is 14.5. The van der Waals surface area contributed by atoms with Crippen LogP contribution < -0.4 is 19.7 Å². The Hall–Kier alpha value is -2.93. The topological polar surface area (TPSA) is 71.1 Å². The van der Waals surface area contributed by atoms with E-state index in [9.17, 15) is 9.59 Å². The van der Waals surface area contributed by atoms with Crippen molar-refractivity contribution in [1.29, 1.82) is 0 Å². The summed E-state index contributed by atoms with van der Waals surface area (Å²) in [6.07, 6.45) is 0. The summed E-state index contributed by atoms with van der Waals surface area (Å²) in [6, 6.07) is 12.4. The van der Waals surface area contributed by atoms with Gasteiger partial charge in [-0.15, -0.1) is 0 Å².